The van der Waals surface area contributed by atoms with Crippen LogP contribution in [0.4, 0.5) is 0 Å². The van der Waals surface area contributed by atoms with E-state index < -0.39 is 24.3 Å². The fraction of sp³-hybridized carbons (Fsp3) is 0.924. The van der Waals surface area contributed by atoms with Crippen molar-refractivity contribution in [3.8, 4) is 0 Å². The average molecular weight is 1060 g/mol. The SMILES string of the molecule is CCCCCCCCCC/C=C\CCCCCCCCCCCCCCCC(=O)OC(COC(=O)CCCCCCCCCCCCCCCCCCCCCCCCCCC)COC(OCC[N+](C)(C)C)C(=O)[O-]. The molecule has 0 aliphatic rings. The molecule has 0 radical (unpaired) electrons. The van der Waals surface area contributed by atoms with Crippen LogP contribution in [0, 0.1) is 0 Å². The standard InChI is InChI=1S/C66H127NO8/c1-6-8-10-12-14-16-18-20-22-24-26-28-30-32-34-36-38-40-42-44-46-48-50-52-54-56-63(68)73-60-62(61-74-66(65(70)71)72-59-58-67(3,4)5)75-64(69)57-55-53-51-49-47-45-43-41-39-37-35-33-31-29-27-25-23-21-19-17-15-13-11-9-7-2/h25,27,62,66H,6-24,26,28-61H2,1-5H3/b27-25-. The zero-order chi connectivity index (χ0) is 54.8. The molecule has 0 aliphatic carbocycles. The minimum atomic E-state index is -1.62. The molecule has 0 N–H and O–H groups in total. The lowest BCUT2D eigenvalue weighted by Crippen LogP contribution is -2.44. The van der Waals surface area contributed by atoms with E-state index in [9.17, 15) is 19.5 Å². The molecule has 0 fully saturated rings. The van der Waals surface area contributed by atoms with E-state index in [-0.39, 0.29) is 32.2 Å². The molecule has 2 unspecified atom stereocenters. The first-order chi connectivity index (χ1) is 36.6. The van der Waals surface area contributed by atoms with Gasteiger partial charge in [0, 0.05) is 12.8 Å². The van der Waals surface area contributed by atoms with Gasteiger partial charge in [0.05, 0.1) is 40.3 Å². The quantitative estimate of drug-likeness (QED) is 0.0195. The smallest absolute Gasteiger partial charge is 0.306 e. The van der Waals surface area contributed by atoms with E-state index >= 15 is 0 Å². The Morgan fingerprint density at radius 1 is 0.387 bits per heavy atom. The molecule has 2 atom stereocenters. The molecule has 0 saturated heterocycles. The zero-order valence-corrected chi connectivity index (χ0v) is 50.7. The Morgan fingerprint density at radius 2 is 0.680 bits per heavy atom. The van der Waals surface area contributed by atoms with E-state index in [1.165, 1.54) is 270 Å². The Bertz CT molecular complexity index is 1240. The highest BCUT2D eigenvalue weighted by molar-refractivity contribution is 5.70. The summed E-state index contributed by atoms with van der Waals surface area (Å²) in [6, 6.07) is 0. The Labute approximate surface area is 465 Å². The lowest BCUT2D eigenvalue weighted by atomic mass is 10.0. The number of aliphatic carboxylic acids is 1. The van der Waals surface area contributed by atoms with E-state index in [4.69, 9.17) is 18.9 Å². The van der Waals surface area contributed by atoms with Gasteiger partial charge in [-0.15, -0.1) is 0 Å². The Kier molecular flexibility index (Phi) is 56.7. The molecule has 0 saturated carbocycles. The third-order valence-corrected chi connectivity index (χ3v) is 15.0. The molecule has 9 heteroatoms. The van der Waals surface area contributed by atoms with E-state index in [0.717, 1.165) is 38.5 Å². The fourth-order valence-electron chi connectivity index (χ4n) is 9.95. The Hall–Kier alpha value is -1.97. The number of rotatable bonds is 62. The van der Waals surface area contributed by atoms with Crippen LogP contribution in [0.25, 0.3) is 0 Å². The number of carboxylic acids is 1. The van der Waals surface area contributed by atoms with E-state index in [0.29, 0.717) is 17.4 Å². The first kappa shape index (κ1) is 73.0. The summed E-state index contributed by atoms with van der Waals surface area (Å²) in [4.78, 5) is 37.4. The number of unbranched alkanes of at least 4 members (excludes halogenated alkanes) is 45. The first-order valence-electron chi connectivity index (χ1n) is 32.8. The lowest BCUT2D eigenvalue weighted by Gasteiger charge is -2.26. The van der Waals surface area contributed by atoms with E-state index in [2.05, 4.69) is 26.0 Å². The fourth-order valence-corrected chi connectivity index (χ4v) is 9.95. The Morgan fingerprint density at radius 3 is 0.987 bits per heavy atom. The molecule has 0 aliphatic heterocycles. The molecule has 0 aromatic rings. The summed E-state index contributed by atoms with van der Waals surface area (Å²) in [7, 11) is 5.94. The van der Waals surface area contributed by atoms with Crippen molar-refractivity contribution in [2.45, 2.75) is 347 Å². The second-order valence-corrected chi connectivity index (χ2v) is 23.8. The number of carbonyl (C=O) groups is 3. The molecule has 0 bridgehead atoms. The summed E-state index contributed by atoms with van der Waals surface area (Å²) in [6.07, 6.45) is 65.7. The van der Waals surface area contributed by atoms with Gasteiger partial charge >= 0.3 is 11.9 Å². The number of nitrogens with zero attached hydrogens (tertiary/aromatic N) is 1. The zero-order valence-electron chi connectivity index (χ0n) is 50.7. The van der Waals surface area contributed by atoms with Gasteiger partial charge in [0.15, 0.2) is 12.4 Å². The number of esters is 2. The van der Waals surface area contributed by atoms with Crippen LogP contribution in [0.3, 0.4) is 0 Å². The molecular weight excluding hydrogens is 935 g/mol. The number of carbonyl (C=O) groups excluding carboxylic acids is 3. The lowest BCUT2D eigenvalue weighted by molar-refractivity contribution is -0.870. The van der Waals surface area contributed by atoms with Crippen LogP contribution in [-0.2, 0) is 33.3 Å². The van der Waals surface area contributed by atoms with Crippen LogP contribution in [0.1, 0.15) is 335 Å². The number of carboxylic acid groups (broad SMARTS) is 1. The predicted octanol–water partition coefficient (Wildman–Crippen LogP) is 18.4. The Balaban J connectivity index is 4.11. The van der Waals surface area contributed by atoms with Gasteiger partial charge in [-0.25, -0.2) is 0 Å². The molecule has 75 heavy (non-hydrogen) atoms. The van der Waals surface area contributed by atoms with Gasteiger partial charge in [-0.1, -0.05) is 296 Å². The van der Waals surface area contributed by atoms with Crippen LogP contribution < -0.4 is 5.11 Å². The van der Waals surface area contributed by atoms with Crippen LogP contribution in [0.15, 0.2) is 12.2 Å². The maximum Gasteiger partial charge on any atom is 0.306 e. The number of likely N-dealkylation sites (N-methyl/N-ethyl adjacent to an activating group) is 1. The summed E-state index contributed by atoms with van der Waals surface area (Å²) in [5, 5.41) is 11.8. The van der Waals surface area contributed by atoms with E-state index in [1.807, 2.05) is 21.1 Å². The summed E-state index contributed by atoms with van der Waals surface area (Å²) >= 11 is 0. The number of allylic oxidation sites excluding steroid dienone is 2. The summed E-state index contributed by atoms with van der Waals surface area (Å²) in [5.41, 5.74) is 0. The number of ether oxygens (including phenoxy) is 4. The highest BCUT2D eigenvalue weighted by Crippen LogP contribution is 2.18. The van der Waals surface area contributed by atoms with Crippen molar-refractivity contribution < 1.29 is 42.9 Å². The third kappa shape index (κ3) is 59.5. The van der Waals surface area contributed by atoms with Crippen molar-refractivity contribution in [3.05, 3.63) is 12.2 Å². The minimum absolute atomic E-state index is 0.152. The highest BCUT2D eigenvalue weighted by atomic mass is 16.7. The largest absolute Gasteiger partial charge is 0.545 e. The number of quaternary nitrogens is 1. The molecule has 0 aromatic carbocycles. The third-order valence-electron chi connectivity index (χ3n) is 15.0. The van der Waals surface area contributed by atoms with Gasteiger partial charge in [0.25, 0.3) is 0 Å². The molecule has 9 nitrogen and oxygen atoms in total. The monoisotopic (exact) mass is 1060 g/mol. The van der Waals surface area contributed by atoms with Gasteiger partial charge < -0.3 is 33.3 Å². The second-order valence-electron chi connectivity index (χ2n) is 23.8. The summed E-state index contributed by atoms with van der Waals surface area (Å²) in [5.74, 6) is -2.25. The minimum Gasteiger partial charge on any atom is -0.545 e. The van der Waals surface area contributed by atoms with Crippen molar-refractivity contribution in [3.63, 3.8) is 0 Å². The topological polar surface area (TPSA) is 111 Å². The molecule has 444 valence electrons. The molecule has 0 spiro atoms. The second kappa shape index (κ2) is 58.2. The van der Waals surface area contributed by atoms with E-state index in [1.54, 1.807) is 0 Å². The van der Waals surface area contributed by atoms with Gasteiger partial charge in [-0.3, -0.25) is 9.59 Å². The highest BCUT2D eigenvalue weighted by Gasteiger charge is 2.22. The number of hydrogen-bond donors (Lipinski definition) is 0. The van der Waals surface area contributed by atoms with Crippen molar-refractivity contribution in [1.29, 1.82) is 0 Å². The molecule has 0 amide bonds. The maximum absolute atomic E-state index is 12.9. The van der Waals surface area contributed by atoms with Crippen molar-refractivity contribution in [1.82, 2.24) is 0 Å². The van der Waals surface area contributed by atoms with Crippen LogP contribution in [-0.4, -0.2) is 82.3 Å². The molecular formula is C66H127NO8. The average Bonchev–Trinajstić information content (AvgIpc) is 3.38. The van der Waals surface area contributed by atoms with Crippen LogP contribution >= 0.6 is 0 Å². The predicted molar refractivity (Wildman–Crippen MR) is 316 cm³/mol. The van der Waals surface area contributed by atoms with Crippen molar-refractivity contribution in [2.24, 2.45) is 0 Å². The normalized spacial score (nSPS) is 12.7. The summed E-state index contributed by atoms with van der Waals surface area (Å²) < 4.78 is 22.8. The first-order valence-corrected chi connectivity index (χ1v) is 32.8. The van der Waals surface area contributed by atoms with Gasteiger partial charge in [0.1, 0.15) is 13.2 Å². The van der Waals surface area contributed by atoms with Crippen LogP contribution in [0.2, 0.25) is 0 Å². The van der Waals surface area contributed by atoms with Crippen molar-refractivity contribution in [2.75, 3.05) is 47.5 Å². The van der Waals surface area contributed by atoms with Crippen molar-refractivity contribution >= 4 is 17.9 Å². The molecule has 0 rings (SSSR count). The summed E-state index contributed by atoms with van der Waals surface area (Å²) in [6.45, 7) is 4.82. The van der Waals surface area contributed by atoms with Gasteiger partial charge in [0.2, 0.25) is 0 Å². The maximum atomic E-state index is 12.9. The number of hydrogen-bond acceptors (Lipinski definition) is 8. The van der Waals surface area contributed by atoms with Gasteiger partial charge in [-0.05, 0) is 38.5 Å². The van der Waals surface area contributed by atoms with Gasteiger partial charge in [-0.2, -0.15) is 0 Å². The molecule has 0 heterocycles. The van der Waals surface area contributed by atoms with Crippen LogP contribution in [0.5, 0.6) is 0 Å². The molecule has 0 aromatic heterocycles.